The lowest BCUT2D eigenvalue weighted by molar-refractivity contribution is 0.556. The first kappa shape index (κ1) is 16.4. The van der Waals surface area contributed by atoms with Crippen LogP contribution in [0.4, 0.5) is 0 Å². The third-order valence-corrected chi connectivity index (χ3v) is 4.25. The molecule has 0 amide bonds. The fourth-order valence-corrected chi connectivity index (χ4v) is 3.10. The highest BCUT2D eigenvalue weighted by atomic mass is 35.5. The van der Waals surface area contributed by atoms with Gasteiger partial charge in [0.1, 0.15) is 0 Å². The molecule has 21 heavy (non-hydrogen) atoms. The lowest BCUT2D eigenvalue weighted by atomic mass is 9.97. The monoisotopic (exact) mass is 321 g/mol. The number of rotatable bonds is 5. The van der Waals surface area contributed by atoms with E-state index in [2.05, 4.69) is 37.4 Å². The van der Waals surface area contributed by atoms with Gasteiger partial charge in [-0.2, -0.15) is 0 Å². The van der Waals surface area contributed by atoms with Crippen molar-refractivity contribution in [1.82, 2.24) is 5.32 Å². The summed E-state index contributed by atoms with van der Waals surface area (Å²) in [7, 11) is 1.99. The van der Waals surface area contributed by atoms with Gasteiger partial charge in [0.15, 0.2) is 0 Å². The minimum atomic E-state index is 0.335. The molecule has 0 aliphatic heterocycles. The summed E-state index contributed by atoms with van der Waals surface area (Å²) in [5.74, 6) is 0. The lowest BCUT2D eigenvalue weighted by Crippen LogP contribution is -2.30. The summed E-state index contributed by atoms with van der Waals surface area (Å²) in [5.41, 5.74) is 5.05. The molecular weight excluding hydrogens is 301 g/mol. The van der Waals surface area contributed by atoms with E-state index in [-0.39, 0.29) is 0 Å². The van der Waals surface area contributed by atoms with E-state index in [0.717, 1.165) is 28.5 Å². The van der Waals surface area contributed by atoms with Crippen LogP contribution in [-0.4, -0.2) is 13.1 Å². The molecule has 2 aromatic rings. The fraction of sp³-hybridized carbons (Fsp3) is 0.333. The van der Waals surface area contributed by atoms with Crippen LogP contribution >= 0.6 is 23.2 Å². The molecule has 0 heterocycles. The van der Waals surface area contributed by atoms with Gasteiger partial charge in [-0.25, -0.2) is 0 Å². The molecule has 0 aliphatic carbocycles. The molecular formula is C18H21Cl2N. The maximum absolute atomic E-state index is 6.26. The van der Waals surface area contributed by atoms with Gasteiger partial charge in [-0.15, -0.1) is 0 Å². The number of benzene rings is 2. The predicted molar refractivity (Wildman–Crippen MR) is 92.6 cm³/mol. The minimum Gasteiger partial charge on any atom is -0.316 e. The van der Waals surface area contributed by atoms with Crippen molar-refractivity contribution in [3.8, 4) is 0 Å². The summed E-state index contributed by atoms with van der Waals surface area (Å²) in [5, 5.41) is 4.89. The Bertz CT molecular complexity index is 602. The van der Waals surface area contributed by atoms with Crippen LogP contribution in [0.1, 0.15) is 22.3 Å². The molecule has 1 unspecified atom stereocenters. The molecule has 0 saturated heterocycles. The third-order valence-electron chi connectivity index (χ3n) is 3.65. The summed E-state index contributed by atoms with van der Waals surface area (Å²) in [6.07, 6.45) is 1.84. The number of likely N-dealkylation sites (N-methyl/N-ethyl adjacent to an activating group) is 1. The molecule has 2 rings (SSSR count). The van der Waals surface area contributed by atoms with E-state index in [4.69, 9.17) is 23.2 Å². The quantitative estimate of drug-likeness (QED) is 0.818. The summed E-state index contributed by atoms with van der Waals surface area (Å²) >= 11 is 12.3. The maximum atomic E-state index is 6.26. The highest BCUT2D eigenvalue weighted by molar-refractivity contribution is 6.33. The van der Waals surface area contributed by atoms with Gasteiger partial charge in [0.05, 0.1) is 0 Å². The van der Waals surface area contributed by atoms with Gasteiger partial charge in [-0.1, -0.05) is 52.5 Å². The van der Waals surface area contributed by atoms with Crippen molar-refractivity contribution in [3.63, 3.8) is 0 Å². The zero-order valence-corrected chi connectivity index (χ0v) is 14.2. The SMILES string of the molecule is CNC(Cc1cc(C)cc(C)c1)Cc1cc(Cl)ccc1Cl. The molecule has 0 spiro atoms. The molecule has 2 aromatic carbocycles. The van der Waals surface area contributed by atoms with E-state index >= 15 is 0 Å². The Labute approximate surface area is 137 Å². The van der Waals surface area contributed by atoms with Crippen molar-refractivity contribution in [3.05, 3.63) is 68.7 Å². The molecule has 1 atom stereocenters. The van der Waals surface area contributed by atoms with E-state index in [1.807, 2.05) is 25.2 Å². The number of hydrogen-bond donors (Lipinski definition) is 1. The lowest BCUT2D eigenvalue weighted by Gasteiger charge is -2.18. The Balaban J connectivity index is 2.14. The summed E-state index contributed by atoms with van der Waals surface area (Å²) < 4.78 is 0. The second-order valence-electron chi connectivity index (χ2n) is 5.63. The number of aryl methyl sites for hydroxylation is 2. The van der Waals surface area contributed by atoms with E-state index in [1.165, 1.54) is 16.7 Å². The molecule has 0 radical (unpaired) electrons. The van der Waals surface area contributed by atoms with E-state index in [1.54, 1.807) is 0 Å². The molecule has 112 valence electrons. The third kappa shape index (κ3) is 4.74. The topological polar surface area (TPSA) is 12.0 Å². The molecule has 0 fully saturated rings. The zero-order valence-electron chi connectivity index (χ0n) is 12.7. The first-order valence-electron chi connectivity index (χ1n) is 7.16. The van der Waals surface area contributed by atoms with Crippen LogP contribution in [0.2, 0.25) is 10.0 Å². The Hall–Kier alpha value is -1.02. The molecule has 0 bridgehead atoms. The van der Waals surface area contributed by atoms with Crippen LogP contribution in [0.25, 0.3) is 0 Å². The first-order valence-corrected chi connectivity index (χ1v) is 7.92. The smallest absolute Gasteiger partial charge is 0.0439 e. The van der Waals surface area contributed by atoms with Crippen LogP contribution in [0.15, 0.2) is 36.4 Å². The van der Waals surface area contributed by atoms with Gasteiger partial charge in [-0.05, 0) is 63.1 Å². The molecule has 0 saturated carbocycles. The largest absolute Gasteiger partial charge is 0.316 e. The van der Waals surface area contributed by atoms with Crippen molar-refractivity contribution in [1.29, 1.82) is 0 Å². The Morgan fingerprint density at radius 2 is 1.62 bits per heavy atom. The second-order valence-corrected chi connectivity index (χ2v) is 6.47. The van der Waals surface area contributed by atoms with Crippen molar-refractivity contribution in [2.24, 2.45) is 0 Å². The Morgan fingerprint density at radius 3 is 2.24 bits per heavy atom. The fourth-order valence-electron chi connectivity index (χ4n) is 2.71. The van der Waals surface area contributed by atoms with Gasteiger partial charge < -0.3 is 5.32 Å². The number of hydrogen-bond acceptors (Lipinski definition) is 1. The van der Waals surface area contributed by atoms with Crippen LogP contribution in [0, 0.1) is 13.8 Å². The zero-order chi connectivity index (χ0) is 15.4. The highest BCUT2D eigenvalue weighted by Gasteiger charge is 2.12. The van der Waals surface area contributed by atoms with Crippen LogP contribution in [-0.2, 0) is 12.8 Å². The average Bonchev–Trinajstić information content (AvgIpc) is 2.41. The van der Waals surface area contributed by atoms with E-state index < -0.39 is 0 Å². The van der Waals surface area contributed by atoms with Crippen LogP contribution in [0.3, 0.4) is 0 Å². The van der Waals surface area contributed by atoms with Gasteiger partial charge in [0.25, 0.3) is 0 Å². The van der Waals surface area contributed by atoms with Gasteiger partial charge in [0, 0.05) is 16.1 Å². The Kier molecular flexibility index (Phi) is 5.69. The number of halogens is 2. The van der Waals surface area contributed by atoms with E-state index in [0.29, 0.717) is 6.04 Å². The van der Waals surface area contributed by atoms with Crippen LogP contribution in [0.5, 0.6) is 0 Å². The van der Waals surface area contributed by atoms with Gasteiger partial charge >= 0.3 is 0 Å². The normalized spacial score (nSPS) is 12.4. The molecule has 0 aromatic heterocycles. The average molecular weight is 322 g/mol. The highest BCUT2D eigenvalue weighted by Crippen LogP contribution is 2.23. The van der Waals surface area contributed by atoms with E-state index in [9.17, 15) is 0 Å². The maximum Gasteiger partial charge on any atom is 0.0439 e. The molecule has 3 heteroatoms. The van der Waals surface area contributed by atoms with Crippen molar-refractivity contribution < 1.29 is 0 Å². The summed E-state index contributed by atoms with van der Waals surface area (Å²) in [4.78, 5) is 0. The summed E-state index contributed by atoms with van der Waals surface area (Å²) in [6.45, 7) is 4.28. The van der Waals surface area contributed by atoms with Crippen LogP contribution < -0.4 is 5.32 Å². The van der Waals surface area contributed by atoms with Gasteiger partial charge in [-0.3, -0.25) is 0 Å². The van der Waals surface area contributed by atoms with Crippen molar-refractivity contribution in [2.45, 2.75) is 32.7 Å². The minimum absolute atomic E-state index is 0.335. The first-order chi connectivity index (χ1) is 9.97. The molecule has 1 N–H and O–H groups in total. The van der Waals surface area contributed by atoms with Crippen molar-refractivity contribution >= 4 is 23.2 Å². The molecule has 1 nitrogen and oxygen atoms in total. The number of nitrogens with one attached hydrogen (secondary N) is 1. The molecule has 0 aliphatic rings. The second kappa shape index (κ2) is 7.31. The Morgan fingerprint density at radius 1 is 0.952 bits per heavy atom. The summed E-state index contributed by atoms with van der Waals surface area (Å²) in [6, 6.07) is 12.7. The standard InChI is InChI=1S/C18H21Cl2N/c1-12-6-13(2)8-14(7-12)9-17(21-3)11-15-10-16(19)4-5-18(15)20/h4-8,10,17,21H,9,11H2,1-3H3. The van der Waals surface area contributed by atoms with Gasteiger partial charge in [0.2, 0.25) is 0 Å². The predicted octanol–water partition coefficient (Wildman–Crippen LogP) is 4.98. The van der Waals surface area contributed by atoms with Crippen molar-refractivity contribution in [2.75, 3.05) is 7.05 Å².